The van der Waals surface area contributed by atoms with Crippen molar-refractivity contribution in [3.05, 3.63) is 59.7 Å². The van der Waals surface area contributed by atoms with Gasteiger partial charge < -0.3 is 21.1 Å². The summed E-state index contributed by atoms with van der Waals surface area (Å²) in [5, 5.41) is 21.3. The second-order valence-corrected chi connectivity index (χ2v) is 11.8. The van der Waals surface area contributed by atoms with Crippen molar-refractivity contribution in [2.75, 3.05) is 48.7 Å². The average Bonchev–Trinajstić information content (AvgIpc) is 3.30. The minimum absolute atomic E-state index is 0.0844. The highest BCUT2D eigenvalue weighted by molar-refractivity contribution is 6.26. The quantitative estimate of drug-likeness (QED) is 0.181. The fourth-order valence-electron chi connectivity index (χ4n) is 6.34. The molecule has 238 valence electrons. The number of imide groups is 1. The number of hydrogen-bond donors (Lipinski definition) is 3. The summed E-state index contributed by atoms with van der Waals surface area (Å²) in [7, 11) is 0. The number of aromatic nitrogens is 2. The average molecular weight is 626 g/mol. The van der Waals surface area contributed by atoms with Gasteiger partial charge in [0.25, 0.3) is 11.8 Å². The summed E-state index contributed by atoms with van der Waals surface area (Å²) in [5.41, 5.74) is 8.55. The number of aromatic hydroxyl groups is 1. The van der Waals surface area contributed by atoms with Crippen LogP contribution in [0.5, 0.6) is 5.75 Å². The molecule has 13 nitrogen and oxygen atoms in total. The van der Waals surface area contributed by atoms with Crippen LogP contribution in [0.1, 0.15) is 59.2 Å². The highest BCUT2D eigenvalue weighted by atomic mass is 16.3. The number of unbranched alkanes of at least 4 members (excludes halogenated alkanes) is 1. The molecule has 0 spiro atoms. The van der Waals surface area contributed by atoms with Gasteiger partial charge in [-0.2, -0.15) is 0 Å². The van der Waals surface area contributed by atoms with Gasteiger partial charge in [0.15, 0.2) is 11.6 Å². The van der Waals surface area contributed by atoms with E-state index in [4.69, 9.17) is 5.73 Å². The Morgan fingerprint density at radius 2 is 1.70 bits per heavy atom. The van der Waals surface area contributed by atoms with Crippen LogP contribution in [0.15, 0.2) is 48.5 Å². The molecule has 0 radical (unpaired) electrons. The smallest absolute Gasteiger partial charge is 0.264 e. The van der Waals surface area contributed by atoms with E-state index in [2.05, 4.69) is 25.3 Å². The molecule has 1 saturated carbocycles. The zero-order valence-electron chi connectivity index (χ0n) is 25.3. The van der Waals surface area contributed by atoms with Crippen LogP contribution in [0.4, 0.5) is 17.2 Å². The number of Topliss-reactive ketones (excluding diaryl/α,β-unsaturated/α-hetero) is 2. The minimum atomic E-state index is -0.963. The summed E-state index contributed by atoms with van der Waals surface area (Å²) in [6, 6.07) is 12.5. The fourth-order valence-corrected chi connectivity index (χ4v) is 6.34. The number of nitrogen functional groups attached to an aromatic ring is 1. The van der Waals surface area contributed by atoms with Gasteiger partial charge in [-0.05, 0) is 56.1 Å². The van der Waals surface area contributed by atoms with Crippen molar-refractivity contribution in [1.29, 1.82) is 0 Å². The number of nitrogens with zero attached hydrogens (tertiary/aromatic N) is 5. The number of ketones is 2. The number of rotatable bonds is 9. The number of piperazine rings is 1. The van der Waals surface area contributed by atoms with E-state index in [0.29, 0.717) is 23.5 Å². The van der Waals surface area contributed by atoms with E-state index < -0.39 is 23.6 Å². The molecule has 1 aliphatic carbocycles. The Balaban J connectivity index is 0.979. The number of hydrogen-bond acceptors (Lipinski definition) is 11. The van der Waals surface area contributed by atoms with E-state index in [9.17, 15) is 29.1 Å². The number of phenolic OH excluding ortho intramolecular Hbond substituents is 1. The maximum Gasteiger partial charge on any atom is 0.264 e. The van der Waals surface area contributed by atoms with E-state index in [1.807, 2.05) is 12.1 Å². The van der Waals surface area contributed by atoms with Crippen molar-refractivity contribution < 1.29 is 29.1 Å². The predicted octanol–water partition coefficient (Wildman–Crippen LogP) is 2.65. The number of nitrogens with one attached hydrogen (secondary N) is 1. The summed E-state index contributed by atoms with van der Waals surface area (Å²) in [6.07, 6.45) is 1.65. The zero-order chi connectivity index (χ0) is 32.4. The van der Waals surface area contributed by atoms with E-state index >= 15 is 0 Å². The Labute approximate surface area is 265 Å². The zero-order valence-corrected chi connectivity index (χ0v) is 25.3. The van der Waals surface area contributed by atoms with Crippen LogP contribution in [0.25, 0.3) is 11.3 Å². The van der Waals surface area contributed by atoms with Gasteiger partial charge in [-0.15, -0.1) is 10.2 Å². The van der Waals surface area contributed by atoms with E-state index in [1.54, 1.807) is 30.3 Å². The van der Waals surface area contributed by atoms with Crippen molar-refractivity contribution in [1.82, 2.24) is 20.0 Å². The molecule has 46 heavy (non-hydrogen) atoms. The van der Waals surface area contributed by atoms with Gasteiger partial charge in [0, 0.05) is 44.6 Å². The largest absolute Gasteiger partial charge is 0.507 e. The number of carbonyl (C=O) groups excluding carboxylic acids is 5. The van der Waals surface area contributed by atoms with E-state index in [1.165, 1.54) is 6.07 Å². The third kappa shape index (κ3) is 6.18. The lowest BCUT2D eigenvalue weighted by Crippen LogP contribution is -2.47. The fraction of sp³-hybridized carbons (Fsp3) is 0.364. The highest BCUT2D eigenvalue weighted by Crippen LogP contribution is 2.34. The van der Waals surface area contributed by atoms with Crippen molar-refractivity contribution in [2.45, 2.75) is 44.6 Å². The molecule has 6 rings (SSSR count). The van der Waals surface area contributed by atoms with Crippen molar-refractivity contribution in [3.63, 3.8) is 0 Å². The molecule has 2 aliphatic heterocycles. The Morgan fingerprint density at radius 1 is 0.935 bits per heavy atom. The lowest BCUT2D eigenvalue weighted by molar-refractivity contribution is -0.132. The van der Waals surface area contributed by atoms with E-state index in [-0.39, 0.29) is 59.9 Å². The van der Waals surface area contributed by atoms with Gasteiger partial charge in [0.2, 0.25) is 5.91 Å². The number of amides is 3. The van der Waals surface area contributed by atoms with Crippen LogP contribution in [0, 0.1) is 0 Å². The molecule has 3 aromatic rings. The standard InChI is InChI=1S/C33H35N7O6/c34-31-26(19-24(36-37-31)21-6-1-2-9-27(21)42)39-16-14-38(15-17-39)13-4-3-10-29(44)35-23-8-5-7-22-30(23)33(46)40(32(22)45)25-12-11-20(41)18-28(25)43/h1-2,5-9,19,25,42H,3-4,10-18H2,(H2,34,37)(H,35,44). The number of fused-ring (bicyclic) bond motifs is 1. The molecule has 0 bridgehead atoms. The summed E-state index contributed by atoms with van der Waals surface area (Å²) in [6.45, 7) is 3.90. The van der Waals surface area contributed by atoms with Gasteiger partial charge in [-0.25, -0.2) is 0 Å². The normalized spacial score (nSPS) is 18.7. The summed E-state index contributed by atoms with van der Waals surface area (Å²) >= 11 is 0. The minimum Gasteiger partial charge on any atom is -0.507 e. The Kier molecular flexibility index (Phi) is 8.75. The predicted molar refractivity (Wildman–Crippen MR) is 169 cm³/mol. The monoisotopic (exact) mass is 625 g/mol. The molecule has 3 aliphatic rings. The van der Waals surface area contributed by atoms with E-state index in [0.717, 1.165) is 49.7 Å². The number of para-hydroxylation sites is 1. The van der Waals surface area contributed by atoms with Gasteiger partial charge in [0.1, 0.15) is 11.5 Å². The van der Waals surface area contributed by atoms with Gasteiger partial charge in [-0.3, -0.25) is 33.8 Å². The van der Waals surface area contributed by atoms with Gasteiger partial charge >= 0.3 is 0 Å². The molecule has 3 heterocycles. The molecule has 3 amide bonds. The molecule has 1 atom stereocenters. The second-order valence-electron chi connectivity index (χ2n) is 11.8. The Hall–Kier alpha value is -5.17. The maximum atomic E-state index is 13.3. The summed E-state index contributed by atoms with van der Waals surface area (Å²) in [5.74, 6) is -1.64. The third-order valence-corrected chi connectivity index (χ3v) is 8.79. The number of anilines is 3. The molecule has 1 unspecified atom stereocenters. The first-order valence-electron chi connectivity index (χ1n) is 15.5. The first-order chi connectivity index (χ1) is 22.2. The topological polar surface area (TPSA) is 179 Å². The molecule has 1 saturated heterocycles. The van der Waals surface area contributed by atoms with Crippen molar-refractivity contribution in [3.8, 4) is 17.0 Å². The lowest BCUT2D eigenvalue weighted by atomic mass is 9.92. The number of phenols is 1. The second kappa shape index (κ2) is 13.1. The molecule has 2 fully saturated rings. The Morgan fingerprint density at radius 3 is 2.46 bits per heavy atom. The van der Waals surface area contributed by atoms with Crippen LogP contribution in [0.3, 0.4) is 0 Å². The highest BCUT2D eigenvalue weighted by Gasteiger charge is 2.45. The number of nitrogens with two attached hydrogens (primary N) is 1. The van der Waals surface area contributed by atoms with Crippen LogP contribution < -0.4 is 16.0 Å². The number of benzene rings is 2. The summed E-state index contributed by atoms with van der Waals surface area (Å²) in [4.78, 5) is 68.7. The number of carbonyl (C=O) groups is 5. The van der Waals surface area contributed by atoms with Gasteiger partial charge in [0.05, 0.1) is 40.7 Å². The Bertz CT molecular complexity index is 1720. The molecule has 13 heteroatoms. The van der Waals surface area contributed by atoms with Crippen LogP contribution in [-0.2, 0) is 14.4 Å². The molecule has 1 aromatic heterocycles. The molecule has 4 N–H and O–H groups in total. The molecule has 2 aromatic carbocycles. The first-order valence-corrected chi connectivity index (χ1v) is 15.5. The first kappa shape index (κ1) is 30.8. The SMILES string of the molecule is Nc1nnc(-c2ccccc2O)cc1N1CCN(CCCCC(=O)Nc2cccc3c2C(=O)N(C2CCC(=O)CC2=O)C3=O)CC1. The molecular weight excluding hydrogens is 590 g/mol. The lowest BCUT2D eigenvalue weighted by Gasteiger charge is -2.36. The summed E-state index contributed by atoms with van der Waals surface area (Å²) < 4.78 is 0. The van der Waals surface area contributed by atoms with Crippen LogP contribution in [0.2, 0.25) is 0 Å². The molecular formula is C33H35N7O6. The van der Waals surface area contributed by atoms with Gasteiger partial charge in [-0.1, -0.05) is 18.2 Å². The van der Waals surface area contributed by atoms with Crippen LogP contribution in [-0.4, -0.2) is 93.2 Å². The van der Waals surface area contributed by atoms with Crippen molar-refractivity contribution in [2.24, 2.45) is 0 Å². The van der Waals surface area contributed by atoms with Crippen molar-refractivity contribution >= 4 is 46.5 Å². The third-order valence-electron chi connectivity index (χ3n) is 8.79. The van der Waals surface area contributed by atoms with Crippen LogP contribution >= 0.6 is 0 Å². The maximum absolute atomic E-state index is 13.3.